The zero-order valence-electron chi connectivity index (χ0n) is 23.6. The highest BCUT2D eigenvalue weighted by Gasteiger charge is 2.49. The number of rotatable bonds is 12. The van der Waals surface area contributed by atoms with Crippen LogP contribution in [0.25, 0.3) is 0 Å². The summed E-state index contributed by atoms with van der Waals surface area (Å²) in [5.74, 6) is -0.587. The zero-order valence-corrected chi connectivity index (χ0v) is 23.6. The lowest BCUT2D eigenvalue weighted by Gasteiger charge is -2.44. The average molecular weight is 569 g/mol. The molecule has 0 spiro atoms. The largest absolute Gasteiger partial charge is 0.450 e. The first-order chi connectivity index (χ1) is 20.6. The van der Waals surface area contributed by atoms with Crippen molar-refractivity contribution in [3.8, 4) is 0 Å². The lowest BCUT2D eigenvalue weighted by Crippen LogP contribution is -2.61. The molecule has 0 aliphatic carbocycles. The topological polar surface area (TPSA) is 83.5 Å². The molecule has 0 unspecified atom stereocenters. The van der Waals surface area contributed by atoms with Crippen LogP contribution < -0.4 is 0 Å². The van der Waals surface area contributed by atoms with Gasteiger partial charge >= 0.3 is 5.97 Å². The fraction of sp³-hybridized carbons (Fsp3) is 0.286. The van der Waals surface area contributed by atoms with Crippen molar-refractivity contribution in [1.29, 1.82) is 0 Å². The van der Waals surface area contributed by atoms with E-state index in [1.807, 2.05) is 110 Å². The summed E-state index contributed by atoms with van der Waals surface area (Å²) in [5.41, 5.74) is 4.29. The van der Waals surface area contributed by atoms with Crippen LogP contribution in [0.3, 0.4) is 0 Å². The highest BCUT2D eigenvalue weighted by Crippen LogP contribution is 2.30. The standard InChI is InChI=1S/C35H36O7/c1-25-17-19-29(20-18-25)34(36)42-33-32(40-23-28-15-9-4-10-16-28)31(39-22-27-13-7-3-8-14-27)30(41-35(33)37)24-38-21-26-11-5-2-6-12-26/h2-20,30-33,35,37H,21-24H2,1H3/t30-,31+,32+,33-,35-/m1/s1. The highest BCUT2D eigenvalue weighted by atomic mass is 16.7. The van der Waals surface area contributed by atoms with E-state index in [1.165, 1.54) is 0 Å². The minimum Gasteiger partial charge on any atom is -0.450 e. The van der Waals surface area contributed by atoms with E-state index in [-0.39, 0.29) is 19.8 Å². The molecule has 7 heteroatoms. The van der Waals surface area contributed by atoms with E-state index in [2.05, 4.69) is 0 Å². The van der Waals surface area contributed by atoms with E-state index in [9.17, 15) is 9.90 Å². The second-order valence-corrected chi connectivity index (χ2v) is 10.3. The molecule has 4 aromatic rings. The molecule has 0 amide bonds. The number of carbonyl (C=O) groups is 1. The second kappa shape index (κ2) is 14.9. The van der Waals surface area contributed by atoms with Gasteiger partial charge in [-0.15, -0.1) is 0 Å². The maximum atomic E-state index is 13.2. The Hall–Kier alpha value is -3.85. The molecule has 5 atom stereocenters. The van der Waals surface area contributed by atoms with Crippen LogP contribution in [-0.4, -0.2) is 48.4 Å². The summed E-state index contributed by atoms with van der Waals surface area (Å²) in [6, 6.07) is 36.3. The normalized spacial score (nSPS) is 22.0. The first kappa shape index (κ1) is 29.6. The van der Waals surface area contributed by atoms with E-state index in [0.717, 1.165) is 22.3 Å². The van der Waals surface area contributed by atoms with Crippen LogP contribution in [0.2, 0.25) is 0 Å². The maximum Gasteiger partial charge on any atom is 0.338 e. The summed E-state index contributed by atoms with van der Waals surface area (Å²) in [5, 5.41) is 11.2. The Bertz CT molecular complexity index is 1360. The molecule has 1 saturated heterocycles. The van der Waals surface area contributed by atoms with Gasteiger partial charge in [-0.05, 0) is 35.7 Å². The summed E-state index contributed by atoms with van der Waals surface area (Å²) in [4.78, 5) is 13.2. The van der Waals surface area contributed by atoms with Crippen LogP contribution in [0.4, 0.5) is 0 Å². The molecule has 4 aromatic carbocycles. The van der Waals surface area contributed by atoms with Crippen LogP contribution in [0, 0.1) is 6.92 Å². The number of ether oxygens (including phenoxy) is 5. The molecule has 0 aromatic heterocycles. The minimum atomic E-state index is -1.46. The molecule has 1 fully saturated rings. The Kier molecular flexibility index (Phi) is 10.5. The molecule has 7 nitrogen and oxygen atoms in total. The summed E-state index contributed by atoms with van der Waals surface area (Å²) in [6.07, 6.45) is -4.86. The fourth-order valence-electron chi connectivity index (χ4n) is 4.83. The predicted octanol–water partition coefficient (Wildman–Crippen LogP) is 5.63. The first-order valence-corrected chi connectivity index (χ1v) is 14.1. The Labute approximate surface area is 246 Å². The smallest absolute Gasteiger partial charge is 0.338 e. The van der Waals surface area contributed by atoms with Gasteiger partial charge in [0.15, 0.2) is 12.4 Å². The molecule has 1 aliphatic heterocycles. The van der Waals surface area contributed by atoms with Crippen LogP contribution in [0.15, 0.2) is 115 Å². The maximum absolute atomic E-state index is 13.2. The Morgan fingerprint density at radius 1 is 0.667 bits per heavy atom. The van der Waals surface area contributed by atoms with E-state index in [4.69, 9.17) is 23.7 Å². The quantitative estimate of drug-likeness (QED) is 0.222. The van der Waals surface area contributed by atoms with Crippen LogP contribution in [0.5, 0.6) is 0 Å². The van der Waals surface area contributed by atoms with Crippen molar-refractivity contribution >= 4 is 5.97 Å². The SMILES string of the molecule is Cc1ccc(C(=O)O[C@@H]2[C@@H](OCc3ccccc3)[C@@H](OCc3ccccc3)[C@@H](COCc3ccccc3)O[C@H]2O)cc1. The van der Waals surface area contributed by atoms with Crippen molar-refractivity contribution in [3.05, 3.63) is 143 Å². The Balaban J connectivity index is 1.39. The third-order valence-electron chi connectivity index (χ3n) is 7.10. The zero-order chi connectivity index (χ0) is 29.1. The van der Waals surface area contributed by atoms with Gasteiger partial charge in [0.05, 0.1) is 32.0 Å². The van der Waals surface area contributed by atoms with Gasteiger partial charge in [-0.2, -0.15) is 0 Å². The molecule has 1 aliphatic rings. The van der Waals surface area contributed by atoms with E-state index < -0.39 is 36.7 Å². The average Bonchev–Trinajstić information content (AvgIpc) is 3.02. The number of aliphatic hydroxyl groups is 1. The number of benzene rings is 4. The van der Waals surface area contributed by atoms with Crippen LogP contribution >= 0.6 is 0 Å². The summed E-state index contributed by atoms with van der Waals surface area (Å²) < 4.78 is 30.8. The van der Waals surface area contributed by atoms with Gasteiger partial charge in [0, 0.05) is 0 Å². The number of aryl methyl sites for hydroxylation is 1. The van der Waals surface area contributed by atoms with Gasteiger partial charge in [-0.25, -0.2) is 4.79 Å². The molecular weight excluding hydrogens is 532 g/mol. The van der Waals surface area contributed by atoms with Crippen molar-refractivity contribution < 1.29 is 33.6 Å². The lowest BCUT2D eigenvalue weighted by atomic mass is 9.98. The highest BCUT2D eigenvalue weighted by molar-refractivity contribution is 5.89. The van der Waals surface area contributed by atoms with Crippen LogP contribution in [0.1, 0.15) is 32.6 Å². The van der Waals surface area contributed by atoms with Crippen molar-refractivity contribution in [2.45, 2.75) is 57.5 Å². The van der Waals surface area contributed by atoms with E-state index in [0.29, 0.717) is 12.2 Å². The van der Waals surface area contributed by atoms with Gasteiger partial charge in [-0.1, -0.05) is 109 Å². The summed E-state index contributed by atoms with van der Waals surface area (Å²) >= 11 is 0. The predicted molar refractivity (Wildman–Crippen MR) is 157 cm³/mol. The van der Waals surface area contributed by atoms with E-state index in [1.54, 1.807) is 12.1 Å². The number of carbonyl (C=O) groups excluding carboxylic acids is 1. The number of aliphatic hydroxyl groups excluding tert-OH is 1. The molecule has 0 saturated carbocycles. The lowest BCUT2D eigenvalue weighted by molar-refractivity contribution is -0.306. The molecule has 1 N–H and O–H groups in total. The molecule has 42 heavy (non-hydrogen) atoms. The number of hydrogen-bond donors (Lipinski definition) is 1. The molecule has 218 valence electrons. The van der Waals surface area contributed by atoms with Crippen molar-refractivity contribution in [1.82, 2.24) is 0 Å². The third-order valence-corrected chi connectivity index (χ3v) is 7.10. The number of hydrogen-bond acceptors (Lipinski definition) is 7. The van der Waals surface area contributed by atoms with Crippen molar-refractivity contribution in [2.75, 3.05) is 6.61 Å². The van der Waals surface area contributed by atoms with Crippen molar-refractivity contribution in [3.63, 3.8) is 0 Å². The van der Waals surface area contributed by atoms with Crippen molar-refractivity contribution in [2.24, 2.45) is 0 Å². The molecule has 5 rings (SSSR count). The monoisotopic (exact) mass is 568 g/mol. The summed E-state index contributed by atoms with van der Waals surface area (Å²) in [6.45, 7) is 2.93. The van der Waals surface area contributed by atoms with Gasteiger partial charge in [0.25, 0.3) is 0 Å². The van der Waals surface area contributed by atoms with Gasteiger partial charge in [0.2, 0.25) is 0 Å². The number of esters is 1. The third kappa shape index (κ3) is 8.12. The minimum absolute atomic E-state index is 0.134. The Morgan fingerprint density at radius 2 is 1.17 bits per heavy atom. The van der Waals surface area contributed by atoms with Gasteiger partial charge in [-0.3, -0.25) is 0 Å². The molecule has 0 radical (unpaired) electrons. The van der Waals surface area contributed by atoms with Crippen LogP contribution in [-0.2, 0) is 43.5 Å². The molecule has 1 heterocycles. The van der Waals surface area contributed by atoms with Gasteiger partial charge in [0.1, 0.15) is 18.3 Å². The molecule has 0 bridgehead atoms. The van der Waals surface area contributed by atoms with Gasteiger partial charge < -0.3 is 28.8 Å². The summed E-state index contributed by atoms with van der Waals surface area (Å²) in [7, 11) is 0. The second-order valence-electron chi connectivity index (χ2n) is 10.3. The Morgan fingerprint density at radius 3 is 1.71 bits per heavy atom. The van der Waals surface area contributed by atoms with E-state index >= 15 is 0 Å². The first-order valence-electron chi connectivity index (χ1n) is 14.1. The molecular formula is C35H36O7. The fourth-order valence-corrected chi connectivity index (χ4v) is 4.83.